The first-order valence-corrected chi connectivity index (χ1v) is 9.94. The van der Waals surface area contributed by atoms with Crippen LogP contribution in [0.2, 0.25) is 0 Å². The van der Waals surface area contributed by atoms with E-state index in [9.17, 15) is 18.0 Å². The Balaban J connectivity index is 2.01. The average molecular weight is 395 g/mol. The molecule has 1 aromatic rings. The number of alkyl halides is 3. The summed E-state index contributed by atoms with van der Waals surface area (Å²) in [6, 6.07) is 1.06. The first kappa shape index (κ1) is 18.9. The number of aryl methyl sites for hydroxylation is 1. The predicted octanol–water partition coefficient (Wildman–Crippen LogP) is 2.78. The largest absolute Gasteiger partial charge is 0.466 e. The highest BCUT2D eigenvalue weighted by molar-refractivity contribution is 8.21. The summed E-state index contributed by atoms with van der Waals surface area (Å²) in [6.07, 6.45) is -4.47. The number of halogens is 3. The van der Waals surface area contributed by atoms with E-state index in [1.165, 1.54) is 7.05 Å². The Morgan fingerprint density at radius 1 is 1.40 bits per heavy atom. The van der Waals surface area contributed by atoms with E-state index in [1.54, 1.807) is 30.4 Å². The molecule has 2 fully saturated rings. The maximum atomic E-state index is 13.1. The van der Waals surface area contributed by atoms with Crippen molar-refractivity contribution < 1.29 is 22.7 Å². The molecule has 2 aliphatic rings. The molecular weight excluding hydrogens is 375 g/mol. The Morgan fingerprint density at radius 3 is 2.56 bits per heavy atom. The number of ether oxygens (including phenoxy) is 1. The van der Waals surface area contributed by atoms with Gasteiger partial charge in [-0.25, -0.2) is 0 Å². The number of carbonyl (C=O) groups excluding carboxylic acids is 1. The molecule has 1 spiro atoms. The Labute approximate surface area is 152 Å². The molecule has 25 heavy (non-hydrogen) atoms. The van der Waals surface area contributed by atoms with E-state index in [2.05, 4.69) is 10.00 Å². The van der Waals surface area contributed by atoms with Gasteiger partial charge in [-0.05, 0) is 20.0 Å². The number of carbonyl (C=O) groups is 1. The lowest BCUT2D eigenvalue weighted by atomic mass is 9.92. The van der Waals surface area contributed by atoms with Crippen molar-refractivity contribution in [3.8, 4) is 0 Å². The van der Waals surface area contributed by atoms with Crippen LogP contribution < -0.4 is 0 Å². The Hall–Kier alpha value is -0.870. The lowest BCUT2D eigenvalue weighted by Crippen LogP contribution is -2.42. The molecule has 0 aliphatic carbocycles. The molecule has 0 saturated carbocycles. The third-order valence-corrected chi connectivity index (χ3v) is 8.35. The Kier molecular flexibility index (Phi) is 5.06. The minimum Gasteiger partial charge on any atom is -0.466 e. The SMILES string of the molecule is CCOC(=O)[C@@H]1[C@@H](c2cc(C(F)(F)F)n(C)n2)CN(C)C12SCCS2. The number of hydrogen-bond acceptors (Lipinski definition) is 6. The van der Waals surface area contributed by atoms with Crippen molar-refractivity contribution in [1.82, 2.24) is 14.7 Å². The van der Waals surface area contributed by atoms with Gasteiger partial charge < -0.3 is 4.74 Å². The second-order valence-electron chi connectivity index (χ2n) is 6.12. The zero-order chi connectivity index (χ0) is 18.4. The third kappa shape index (κ3) is 3.16. The number of hydrogen-bond donors (Lipinski definition) is 0. The first-order valence-electron chi connectivity index (χ1n) is 7.97. The molecule has 2 aliphatic heterocycles. The molecule has 1 aromatic heterocycles. The van der Waals surface area contributed by atoms with Crippen molar-refractivity contribution in [1.29, 1.82) is 0 Å². The maximum Gasteiger partial charge on any atom is 0.433 e. The average Bonchev–Trinajstić information content (AvgIpc) is 3.19. The second kappa shape index (κ2) is 6.70. The molecule has 5 nitrogen and oxygen atoms in total. The van der Waals surface area contributed by atoms with Gasteiger partial charge in [0.2, 0.25) is 0 Å². The summed E-state index contributed by atoms with van der Waals surface area (Å²) < 4.78 is 45.0. The van der Waals surface area contributed by atoms with Gasteiger partial charge in [-0.15, -0.1) is 23.5 Å². The molecule has 3 rings (SSSR count). The molecular formula is C15H20F3N3O2S2. The van der Waals surface area contributed by atoms with Crippen molar-refractivity contribution in [3.05, 3.63) is 17.5 Å². The van der Waals surface area contributed by atoms with Crippen LogP contribution in [0.1, 0.15) is 24.2 Å². The summed E-state index contributed by atoms with van der Waals surface area (Å²) >= 11 is 3.34. The van der Waals surface area contributed by atoms with Gasteiger partial charge in [-0.2, -0.15) is 18.3 Å². The Morgan fingerprint density at radius 2 is 2.04 bits per heavy atom. The fourth-order valence-electron chi connectivity index (χ4n) is 3.58. The molecule has 2 atom stereocenters. The standard InChI is InChI=1S/C15H20F3N3O2S2/c1-4-23-13(22)12-9(8-20(2)15(12)24-5-6-25-15)10-7-11(14(16,17)18)21(3)19-10/h7,9,12H,4-6,8H2,1-3H3/t9-,12+/m1/s1. The van der Waals surface area contributed by atoms with Gasteiger partial charge in [0.1, 0.15) is 15.8 Å². The number of likely N-dealkylation sites (N-methyl/N-ethyl adjacent to an activating group) is 1. The zero-order valence-electron chi connectivity index (χ0n) is 14.2. The lowest BCUT2D eigenvalue weighted by Gasteiger charge is -2.34. The van der Waals surface area contributed by atoms with Crippen LogP contribution in [0.25, 0.3) is 0 Å². The first-order chi connectivity index (χ1) is 11.7. The highest BCUT2D eigenvalue weighted by Crippen LogP contribution is 2.59. The van der Waals surface area contributed by atoms with Crippen molar-refractivity contribution in [3.63, 3.8) is 0 Å². The van der Waals surface area contributed by atoms with Crippen molar-refractivity contribution in [2.45, 2.75) is 23.2 Å². The van der Waals surface area contributed by atoms with Crippen LogP contribution in [0.4, 0.5) is 13.2 Å². The smallest absolute Gasteiger partial charge is 0.433 e. The van der Waals surface area contributed by atoms with Gasteiger partial charge in [0, 0.05) is 31.0 Å². The predicted molar refractivity (Wildman–Crippen MR) is 91.4 cm³/mol. The van der Waals surface area contributed by atoms with Crippen molar-refractivity contribution >= 4 is 29.5 Å². The molecule has 140 valence electrons. The fourth-order valence-corrected chi connectivity index (χ4v) is 7.14. The van der Waals surface area contributed by atoms with Gasteiger partial charge >= 0.3 is 12.1 Å². The van der Waals surface area contributed by atoms with E-state index >= 15 is 0 Å². The molecule has 0 unspecified atom stereocenters. The molecule has 0 bridgehead atoms. The molecule has 0 amide bonds. The summed E-state index contributed by atoms with van der Waals surface area (Å²) in [4.78, 5) is 14.8. The van der Waals surface area contributed by atoms with Crippen LogP contribution >= 0.6 is 23.5 Å². The minimum atomic E-state index is -4.47. The maximum absolute atomic E-state index is 13.1. The normalized spacial score (nSPS) is 26.5. The summed E-state index contributed by atoms with van der Waals surface area (Å²) in [6.45, 7) is 2.45. The van der Waals surface area contributed by atoms with Crippen molar-refractivity contribution in [2.75, 3.05) is 31.7 Å². The number of nitrogens with zero attached hydrogens (tertiary/aromatic N) is 3. The number of thioether (sulfide) groups is 2. The van der Waals surface area contributed by atoms with Crippen LogP contribution in [-0.2, 0) is 22.8 Å². The summed E-state index contributed by atoms with van der Waals surface area (Å²) in [5.74, 6) is 0.453. The van der Waals surface area contributed by atoms with E-state index in [1.807, 2.05) is 7.05 Å². The number of likely N-dealkylation sites (tertiary alicyclic amines) is 1. The summed E-state index contributed by atoms with van der Waals surface area (Å²) in [5.41, 5.74) is -0.509. The van der Waals surface area contributed by atoms with Gasteiger partial charge in [0.25, 0.3) is 0 Å². The molecule has 0 radical (unpaired) electrons. The van der Waals surface area contributed by atoms with E-state index in [0.717, 1.165) is 22.3 Å². The van der Waals surface area contributed by atoms with Gasteiger partial charge in [0.15, 0.2) is 0 Å². The lowest BCUT2D eigenvalue weighted by molar-refractivity contribution is -0.148. The highest BCUT2D eigenvalue weighted by Gasteiger charge is 2.60. The molecule has 10 heteroatoms. The Bertz CT molecular complexity index is 659. The van der Waals surface area contributed by atoms with Crippen LogP contribution in [0.3, 0.4) is 0 Å². The van der Waals surface area contributed by atoms with E-state index in [0.29, 0.717) is 12.2 Å². The zero-order valence-corrected chi connectivity index (χ0v) is 15.8. The van der Waals surface area contributed by atoms with Gasteiger partial charge in [-0.3, -0.25) is 14.4 Å². The topological polar surface area (TPSA) is 47.4 Å². The van der Waals surface area contributed by atoms with Gasteiger partial charge in [-0.1, -0.05) is 0 Å². The van der Waals surface area contributed by atoms with E-state index in [4.69, 9.17) is 4.74 Å². The van der Waals surface area contributed by atoms with Gasteiger partial charge in [0.05, 0.1) is 12.3 Å². The van der Waals surface area contributed by atoms with Crippen LogP contribution in [-0.4, -0.2) is 56.6 Å². The quantitative estimate of drug-likeness (QED) is 0.734. The number of rotatable bonds is 3. The van der Waals surface area contributed by atoms with Crippen LogP contribution in [0.5, 0.6) is 0 Å². The minimum absolute atomic E-state index is 0.243. The van der Waals surface area contributed by atoms with E-state index in [-0.39, 0.29) is 12.6 Å². The molecule has 0 aromatic carbocycles. The summed E-state index contributed by atoms with van der Waals surface area (Å²) in [7, 11) is 3.18. The fraction of sp³-hybridized carbons (Fsp3) is 0.733. The third-order valence-electron chi connectivity index (χ3n) is 4.61. The van der Waals surface area contributed by atoms with E-state index < -0.39 is 27.9 Å². The molecule has 3 heterocycles. The van der Waals surface area contributed by atoms with Crippen LogP contribution in [0.15, 0.2) is 6.07 Å². The number of aromatic nitrogens is 2. The molecule has 2 saturated heterocycles. The second-order valence-corrected chi connectivity index (χ2v) is 9.02. The molecule has 0 N–H and O–H groups in total. The van der Waals surface area contributed by atoms with Crippen molar-refractivity contribution in [2.24, 2.45) is 13.0 Å². The highest BCUT2D eigenvalue weighted by atomic mass is 32.2. The summed E-state index contributed by atoms with van der Waals surface area (Å²) in [5, 5.41) is 4.08. The van der Waals surface area contributed by atoms with Crippen LogP contribution in [0, 0.1) is 5.92 Å². The number of esters is 1. The monoisotopic (exact) mass is 395 g/mol.